The molecule has 0 saturated heterocycles. The van der Waals surface area contributed by atoms with Gasteiger partial charge >= 0.3 is 0 Å². The summed E-state index contributed by atoms with van der Waals surface area (Å²) in [5.41, 5.74) is 7.03. The lowest BCUT2D eigenvalue weighted by atomic mass is 10.0. The largest absolute Gasteiger partial charge is 0.493 e. The highest BCUT2D eigenvalue weighted by Gasteiger charge is 2.11. The minimum atomic E-state index is 0.121. The molecular formula is C15H24ClNO2. The first-order chi connectivity index (χ1) is 9.19. The Kier molecular flexibility index (Phi) is 7.87. The summed E-state index contributed by atoms with van der Waals surface area (Å²) < 4.78 is 10.8. The van der Waals surface area contributed by atoms with Crippen LogP contribution in [0.3, 0.4) is 0 Å². The van der Waals surface area contributed by atoms with E-state index in [1.165, 1.54) is 0 Å². The highest BCUT2D eigenvalue weighted by Crippen LogP contribution is 2.28. The van der Waals surface area contributed by atoms with Crippen LogP contribution in [-0.2, 0) is 11.2 Å². The molecule has 4 heteroatoms. The van der Waals surface area contributed by atoms with Crippen LogP contribution in [-0.4, -0.2) is 26.4 Å². The van der Waals surface area contributed by atoms with Crippen LogP contribution < -0.4 is 10.5 Å². The summed E-state index contributed by atoms with van der Waals surface area (Å²) in [4.78, 5) is 0. The van der Waals surface area contributed by atoms with Gasteiger partial charge in [0.15, 0.2) is 0 Å². The Labute approximate surface area is 121 Å². The van der Waals surface area contributed by atoms with Gasteiger partial charge in [0.1, 0.15) is 5.75 Å². The van der Waals surface area contributed by atoms with Crippen molar-refractivity contribution in [3.8, 4) is 5.75 Å². The number of rotatable bonds is 9. The zero-order chi connectivity index (χ0) is 14.1. The van der Waals surface area contributed by atoms with Gasteiger partial charge in [0, 0.05) is 30.3 Å². The SMILES string of the molecule is CCC(N)Cc1c(Cl)cccc1OCCCCOC. The van der Waals surface area contributed by atoms with Gasteiger partial charge in [0.05, 0.1) is 6.61 Å². The summed E-state index contributed by atoms with van der Waals surface area (Å²) in [7, 11) is 1.71. The topological polar surface area (TPSA) is 44.5 Å². The molecule has 0 spiro atoms. The zero-order valence-corrected chi connectivity index (χ0v) is 12.6. The van der Waals surface area contributed by atoms with Crippen LogP contribution in [0.25, 0.3) is 0 Å². The summed E-state index contributed by atoms with van der Waals surface area (Å²) in [5, 5.41) is 0.735. The summed E-state index contributed by atoms with van der Waals surface area (Å²) in [6.07, 6.45) is 3.66. The zero-order valence-electron chi connectivity index (χ0n) is 11.8. The van der Waals surface area contributed by atoms with Crippen LogP contribution >= 0.6 is 11.6 Å². The highest BCUT2D eigenvalue weighted by atomic mass is 35.5. The van der Waals surface area contributed by atoms with Gasteiger partial charge in [-0.3, -0.25) is 0 Å². The van der Waals surface area contributed by atoms with E-state index in [4.69, 9.17) is 26.8 Å². The molecular weight excluding hydrogens is 262 g/mol. The van der Waals surface area contributed by atoms with Crippen LogP contribution in [0.5, 0.6) is 5.75 Å². The molecule has 0 aliphatic heterocycles. The second-order valence-electron chi connectivity index (χ2n) is 4.64. The maximum Gasteiger partial charge on any atom is 0.124 e. The van der Waals surface area contributed by atoms with E-state index in [0.29, 0.717) is 6.61 Å². The Hall–Kier alpha value is -0.770. The fraction of sp³-hybridized carbons (Fsp3) is 0.600. The number of ether oxygens (including phenoxy) is 2. The summed E-state index contributed by atoms with van der Waals surface area (Å²) in [5.74, 6) is 0.855. The van der Waals surface area contributed by atoms with Crippen molar-refractivity contribution in [3.63, 3.8) is 0 Å². The van der Waals surface area contributed by atoms with Gasteiger partial charge < -0.3 is 15.2 Å². The van der Waals surface area contributed by atoms with Crippen LogP contribution in [0.2, 0.25) is 5.02 Å². The third-order valence-electron chi connectivity index (χ3n) is 3.07. The number of nitrogens with two attached hydrogens (primary N) is 1. The van der Waals surface area contributed by atoms with Crippen LogP contribution in [0.4, 0.5) is 0 Å². The lowest BCUT2D eigenvalue weighted by molar-refractivity contribution is 0.184. The second-order valence-corrected chi connectivity index (χ2v) is 5.04. The first-order valence-electron chi connectivity index (χ1n) is 6.83. The maximum atomic E-state index is 6.24. The van der Waals surface area contributed by atoms with Gasteiger partial charge in [0.25, 0.3) is 0 Å². The quantitative estimate of drug-likeness (QED) is 0.707. The third kappa shape index (κ3) is 5.81. The predicted molar refractivity (Wildman–Crippen MR) is 80.0 cm³/mol. The molecule has 1 aromatic carbocycles. The van der Waals surface area contributed by atoms with E-state index >= 15 is 0 Å². The smallest absolute Gasteiger partial charge is 0.124 e. The van der Waals surface area contributed by atoms with Crippen LogP contribution in [0, 0.1) is 0 Å². The van der Waals surface area contributed by atoms with Gasteiger partial charge in [-0.15, -0.1) is 0 Å². The Morgan fingerprint density at radius 2 is 2.00 bits per heavy atom. The molecule has 0 amide bonds. The van der Waals surface area contributed by atoms with E-state index in [9.17, 15) is 0 Å². The number of halogens is 1. The highest BCUT2D eigenvalue weighted by molar-refractivity contribution is 6.31. The van der Waals surface area contributed by atoms with Crippen molar-refractivity contribution in [3.05, 3.63) is 28.8 Å². The van der Waals surface area contributed by atoms with Crippen molar-refractivity contribution >= 4 is 11.6 Å². The van der Waals surface area contributed by atoms with Crippen LogP contribution in [0.1, 0.15) is 31.7 Å². The van der Waals surface area contributed by atoms with Gasteiger partial charge in [-0.25, -0.2) is 0 Å². The molecule has 2 N–H and O–H groups in total. The van der Waals surface area contributed by atoms with Gasteiger partial charge in [0.2, 0.25) is 0 Å². The van der Waals surface area contributed by atoms with Crippen molar-refractivity contribution in [1.29, 1.82) is 0 Å². The Bertz CT molecular complexity index is 371. The summed E-state index contributed by atoms with van der Waals surface area (Å²) in [6, 6.07) is 5.88. The monoisotopic (exact) mass is 285 g/mol. The Morgan fingerprint density at radius 3 is 2.68 bits per heavy atom. The molecule has 19 heavy (non-hydrogen) atoms. The average Bonchev–Trinajstić information content (AvgIpc) is 2.41. The van der Waals surface area contributed by atoms with Crippen LogP contribution in [0.15, 0.2) is 18.2 Å². The third-order valence-corrected chi connectivity index (χ3v) is 3.42. The molecule has 3 nitrogen and oxygen atoms in total. The molecule has 0 saturated carbocycles. The van der Waals surface area contributed by atoms with Crippen molar-refractivity contribution in [2.45, 2.75) is 38.6 Å². The maximum absolute atomic E-state index is 6.24. The lowest BCUT2D eigenvalue weighted by Gasteiger charge is -2.15. The van der Waals surface area contributed by atoms with E-state index in [-0.39, 0.29) is 6.04 Å². The summed E-state index contributed by atoms with van der Waals surface area (Å²) in [6.45, 7) is 3.53. The number of hydrogen-bond donors (Lipinski definition) is 1. The van der Waals surface area contributed by atoms with E-state index in [0.717, 1.165) is 48.6 Å². The minimum Gasteiger partial charge on any atom is -0.493 e. The first kappa shape index (κ1) is 16.3. The summed E-state index contributed by atoms with van der Waals surface area (Å²) >= 11 is 6.24. The number of unbranched alkanes of at least 4 members (excludes halogenated alkanes) is 1. The number of methoxy groups -OCH3 is 1. The molecule has 1 atom stereocenters. The molecule has 0 heterocycles. The van der Waals surface area contributed by atoms with Gasteiger partial charge in [-0.05, 0) is 37.8 Å². The standard InChI is InChI=1S/C15H24ClNO2/c1-3-12(17)11-13-14(16)7-6-8-15(13)19-10-5-4-9-18-2/h6-8,12H,3-5,9-11,17H2,1-2H3. The van der Waals surface area contributed by atoms with Crippen molar-refractivity contribution in [1.82, 2.24) is 0 Å². The first-order valence-corrected chi connectivity index (χ1v) is 7.21. The molecule has 0 radical (unpaired) electrons. The molecule has 1 rings (SSSR count). The Morgan fingerprint density at radius 1 is 1.26 bits per heavy atom. The van der Waals surface area contributed by atoms with Gasteiger partial charge in [-0.1, -0.05) is 24.6 Å². The molecule has 0 fully saturated rings. The van der Waals surface area contributed by atoms with E-state index in [1.807, 2.05) is 18.2 Å². The molecule has 0 aliphatic rings. The van der Waals surface area contributed by atoms with Gasteiger partial charge in [-0.2, -0.15) is 0 Å². The fourth-order valence-electron chi connectivity index (χ4n) is 1.81. The van der Waals surface area contributed by atoms with E-state index < -0.39 is 0 Å². The number of benzene rings is 1. The van der Waals surface area contributed by atoms with Crippen molar-refractivity contribution in [2.75, 3.05) is 20.3 Å². The average molecular weight is 286 g/mol. The predicted octanol–water partition coefficient (Wildman–Crippen LogP) is 3.43. The molecule has 1 aromatic rings. The molecule has 0 bridgehead atoms. The number of hydrogen-bond acceptors (Lipinski definition) is 3. The normalized spacial score (nSPS) is 12.4. The Balaban J connectivity index is 2.58. The molecule has 1 unspecified atom stereocenters. The minimum absolute atomic E-state index is 0.121. The molecule has 0 aromatic heterocycles. The second kappa shape index (κ2) is 9.18. The molecule has 0 aliphatic carbocycles. The van der Waals surface area contributed by atoms with E-state index in [2.05, 4.69) is 6.92 Å². The lowest BCUT2D eigenvalue weighted by Crippen LogP contribution is -2.22. The van der Waals surface area contributed by atoms with Crippen molar-refractivity contribution < 1.29 is 9.47 Å². The van der Waals surface area contributed by atoms with E-state index in [1.54, 1.807) is 7.11 Å². The van der Waals surface area contributed by atoms with Crippen molar-refractivity contribution in [2.24, 2.45) is 5.73 Å². The molecule has 108 valence electrons. The fourth-order valence-corrected chi connectivity index (χ4v) is 2.05.